The summed E-state index contributed by atoms with van der Waals surface area (Å²) in [6.07, 6.45) is 5.32. The van der Waals surface area contributed by atoms with E-state index >= 15 is 0 Å². The van der Waals surface area contributed by atoms with Crippen LogP contribution in [0.15, 0.2) is 30.6 Å². The zero-order valence-electron chi connectivity index (χ0n) is 10.4. The predicted octanol–water partition coefficient (Wildman–Crippen LogP) is 1.67. The van der Waals surface area contributed by atoms with Gasteiger partial charge in [0.25, 0.3) is 0 Å². The Morgan fingerprint density at radius 2 is 2.22 bits per heavy atom. The Morgan fingerprint density at radius 3 is 2.94 bits per heavy atom. The fourth-order valence-electron chi connectivity index (χ4n) is 1.65. The molecule has 5 nitrogen and oxygen atoms in total. The molecular weight excluding hydrogens is 226 g/mol. The minimum absolute atomic E-state index is 0.505. The van der Waals surface area contributed by atoms with E-state index in [-0.39, 0.29) is 0 Å². The second kappa shape index (κ2) is 5.95. The van der Waals surface area contributed by atoms with Crippen LogP contribution >= 0.6 is 0 Å². The minimum atomic E-state index is 0.505. The number of aromatic nitrogens is 3. The van der Waals surface area contributed by atoms with Gasteiger partial charge in [0.05, 0.1) is 0 Å². The molecule has 0 spiro atoms. The molecule has 0 atom stereocenters. The Kier molecular flexibility index (Phi) is 4.06. The molecule has 3 N–H and O–H groups in total. The highest BCUT2D eigenvalue weighted by molar-refractivity contribution is 5.44. The van der Waals surface area contributed by atoms with Crippen LogP contribution in [0.2, 0.25) is 0 Å². The predicted molar refractivity (Wildman–Crippen MR) is 72.3 cm³/mol. The highest BCUT2D eigenvalue weighted by atomic mass is 15.0. The van der Waals surface area contributed by atoms with E-state index in [0.717, 1.165) is 31.0 Å². The van der Waals surface area contributed by atoms with Gasteiger partial charge in [-0.05, 0) is 18.1 Å². The second-order valence-corrected chi connectivity index (χ2v) is 3.99. The first-order chi connectivity index (χ1) is 8.78. The first-order valence-electron chi connectivity index (χ1n) is 6.04. The Balaban J connectivity index is 1.92. The number of aryl methyl sites for hydroxylation is 1. The highest BCUT2D eigenvalue weighted by Gasteiger charge is 2.00. The summed E-state index contributed by atoms with van der Waals surface area (Å²) >= 11 is 0. The van der Waals surface area contributed by atoms with Crippen LogP contribution < -0.4 is 11.1 Å². The smallest absolute Gasteiger partial charge is 0.132 e. The monoisotopic (exact) mass is 243 g/mol. The van der Waals surface area contributed by atoms with Crippen LogP contribution in [0.1, 0.15) is 18.3 Å². The maximum atomic E-state index is 5.72. The van der Waals surface area contributed by atoms with Gasteiger partial charge in [0.2, 0.25) is 0 Å². The normalized spacial score (nSPS) is 10.3. The molecule has 0 unspecified atom stereocenters. The Labute approximate surface area is 106 Å². The summed E-state index contributed by atoms with van der Waals surface area (Å²) in [4.78, 5) is 12.6. The van der Waals surface area contributed by atoms with E-state index in [2.05, 4.69) is 26.3 Å². The van der Waals surface area contributed by atoms with Crippen LogP contribution in [-0.4, -0.2) is 21.5 Å². The van der Waals surface area contributed by atoms with E-state index in [1.807, 2.05) is 19.2 Å². The molecule has 2 aromatic heterocycles. The molecule has 94 valence electrons. The summed E-state index contributed by atoms with van der Waals surface area (Å²) in [5, 5.41) is 3.25. The Morgan fingerprint density at radius 1 is 1.33 bits per heavy atom. The number of hydrogen-bond donors (Lipinski definition) is 2. The van der Waals surface area contributed by atoms with Crippen LogP contribution in [0.25, 0.3) is 0 Å². The van der Waals surface area contributed by atoms with Crippen LogP contribution in [0.4, 0.5) is 11.6 Å². The molecule has 2 aromatic rings. The molecule has 2 heterocycles. The molecule has 0 fully saturated rings. The minimum Gasteiger partial charge on any atom is -0.384 e. The van der Waals surface area contributed by atoms with E-state index < -0.39 is 0 Å². The quantitative estimate of drug-likeness (QED) is 0.835. The summed E-state index contributed by atoms with van der Waals surface area (Å²) in [6, 6.07) is 5.75. The number of nitrogens with two attached hydrogens (primary N) is 1. The van der Waals surface area contributed by atoms with Gasteiger partial charge in [-0.3, -0.25) is 4.98 Å². The molecule has 0 aliphatic carbocycles. The fourth-order valence-corrected chi connectivity index (χ4v) is 1.65. The molecule has 0 saturated carbocycles. The zero-order chi connectivity index (χ0) is 12.8. The highest BCUT2D eigenvalue weighted by Crippen LogP contribution is 2.09. The molecule has 18 heavy (non-hydrogen) atoms. The lowest BCUT2D eigenvalue weighted by atomic mass is 10.2. The van der Waals surface area contributed by atoms with Crippen LogP contribution in [-0.2, 0) is 12.8 Å². The van der Waals surface area contributed by atoms with Crippen molar-refractivity contribution in [2.24, 2.45) is 0 Å². The second-order valence-electron chi connectivity index (χ2n) is 3.99. The van der Waals surface area contributed by atoms with Gasteiger partial charge < -0.3 is 11.1 Å². The fraction of sp³-hybridized carbons (Fsp3) is 0.308. The van der Waals surface area contributed by atoms with Crippen molar-refractivity contribution in [2.75, 3.05) is 17.6 Å². The van der Waals surface area contributed by atoms with Gasteiger partial charge in [0.1, 0.15) is 17.5 Å². The Bertz CT molecular complexity index is 498. The van der Waals surface area contributed by atoms with Gasteiger partial charge in [-0.25, -0.2) is 9.97 Å². The van der Waals surface area contributed by atoms with E-state index in [1.54, 1.807) is 12.3 Å². The molecule has 2 rings (SSSR count). The summed E-state index contributed by atoms with van der Waals surface area (Å²) in [6.45, 7) is 2.81. The van der Waals surface area contributed by atoms with Gasteiger partial charge in [-0.15, -0.1) is 0 Å². The van der Waals surface area contributed by atoms with Crippen LogP contribution in [0.3, 0.4) is 0 Å². The molecule has 0 bridgehead atoms. The lowest BCUT2D eigenvalue weighted by Crippen LogP contribution is -2.09. The van der Waals surface area contributed by atoms with E-state index in [9.17, 15) is 0 Å². The molecule has 5 heteroatoms. The molecule has 0 radical (unpaired) electrons. The first-order valence-corrected chi connectivity index (χ1v) is 6.04. The maximum Gasteiger partial charge on any atom is 0.132 e. The van der Waals surface area contributed by atoms with E-state index in [1.165, 1.54) is 5.56 Å². The van der Waals surface area contributed by atoms with Crippen molar-refractivity contribution in [3.63, 3.8) is 0 Å². The Hall–Kier alpha value is -2.17. The summed E-state index contributed by atoms with van der Waals surface area (Å²) in [5.74, 6) is 2.05. The van der Waals surface area contributed by atoms with E-state index in [4.69, 9.17) is 5.73 Å². The number of nitrogen functional groups attached to an aromatic ring is 1. The van der Waals surface area contributed by atoms with Gasteiger partial charge in [-0.2, -0.15) is 0 Å². The van der Waals surface area contributed by atoms with Gasteiger partial charge in [0.15, 0.2) is 0 Å². The molecular formula is C13H17N5. The number of rotatable bonds is 5. The topological polar surface area (TPSA) is 76.7 Å². The van der Waals surface area contributed by atoms with Gasteiger partial charge >= 0.3 is 0 Å². The molecule has 0 aliphatic rings. The SMILES string of the molecule is CCc1nc(N)cc(NCCc2cccnc2)n1. The zero-order valence-corrected chi connectivity index (χ0v) is 10.4. The molecule has 0 amide bonds. The third-order valence-electron chi connectivity index (χ3n) is 2.55. The van der Waals surface area contributed by atoms with Crippen molar-refractivity contribution in [1.82, 2.24) is 15.0 Å². The number of nitrogens with zero attached hydrogens (tertiary/aromatic N) is 3. The summed E-state index contributed by atoms with van der Waals surface area (Å²) in [7, 11) is 0. The molecule has 0 aliphatic heterocycles. The average Bonchev–Trinajstić information content (AvgIpc) is 2.39. The van der Waals surface area contributed by atoms with Crippen molar-refractivity contribution in [1.29, 1.82) is 0 Å². The molecule has 0 saturated heterocycles. The first kappa shape index (κ1) is 12.3. The summed E-state index contributed by atoms with van der Waals surface area (Å²) in [5.41, 5.74) is 6.91. The van der Waals surface area contributed by atoms with Gasteiger partial charge in [0, 0.05) is 31.4 Å². The lowest BCUT2D eigenvalue weighted by molar-refractivity contribution is 0.928. The van der Waals surface area contributed by atoms with Crippen molar-refractivity contribution in [2.45, 2.75) is 19.8 Å². The number of hydrogen-bond acceptors (Lipinski definition) is 5. The number of nitrogens with one attached hydrogen (secondary N) is 1. The van der Waals surface area contributed by atoms with Crippen LogP contribution in [0, 0.1) is 0 Å². The van der Waals surface area contributed by atoms with Crippen molar-refractivity contribution in [3.8, 4) is 0 Å². The van der Waals surface area contributed by atoms with Gasteiger partial charge in [-0.1, -0.05) is 13.0 Å². The van der Waals surface area contributed by atoms with Crippen molar-refractivity contribution in [3.05, 3.63) is 42.0 Å². The third kappa shape index (κ3) is 3.41. The van der Waals surface area contributed by atoms with Crippen molar-refractivity contribution >= 4 is 11.6 Å². The standard InChI is InChI=1S/C13H17N5/c1-2-12-17-11(14)8-13(18-12)16-7-5-10-4-3-6-15-9-10/h3-4,6,8-9H,2,5,7H2,1H3,(H3,14,16,17,18). The lowest BCUT2D eigenvalue weighted by Gasteiger charge is -2.07. The van der Waals surface area contributed by atoms with E-state index in [0.29, 0.717) is 5.82 Å². The third-order valence-corrected chi connectivity index (χ3v) is 2.55. The average molecular weight is 243 g/mol. The summed E-state index contributed by atoms with van der Waals surface area (Å²) < 4.78 is 0. The molecule has 0 aromatic carbocycles. The maximum absolute atomic E-state index is 5.72. The van der Waals surface area contributed by atoms with Crippen molar-refractivity contribution < 1.29 is 0 Å². The largest absolute Gasteiger partial charge is 0.384 e. The number of pyridine rings is 1. The number of anilines is 2. The van der Waals surface area contributed by atoms with Crippen LogP contribution in [0.5, 0.6) is 0 Å².